The first-order valence-corrected chi connectivity index (χ1v) is 13.8. The third-order valence-electron chi connectivity index (χ3n) is 6.00. The van der Waals surface area contributed by atoms with Gasteiger partial charge in [-0.2, -0.15) is 0 Å². The zero-order chi connectivity index (χ0) is 26.7. The van der Waals surface area contributed by atoms with Gasteiger partial charge in [0, 0.05) is 35.4 Å². The van der Waals surface area contributed by atoms with Crippen LogP contribution in [-0.4, -0.2) is 4.98 Å². The van der Waals surface area contributed by atoms with Crippen molar-refractivity contribution in [2.75, 3.05) is 0 Å². The number of aromatic amines is 1. The average Bonchev–Trinajstić information content (AvgIpc) is 2.99. The molecule has 0 saturated heterocycles. The molecule has 3 aromatic heterocycles. The van der Waals surface area contributed by atoms with Crippen LogP contribution in [-0.2, 0) is 21.7 Å². The zero-order valence-electron chi connectivity index (χ0n) is 23.4. The lowest BCUT2D eigenvalue weighted by molar-refractivity contribution is 0.329. The molecule has 0 aliphatic carbocycles. The molecule has 0 bridgehead atoms. The molecule has 190 valence electrons. The molecule has 3 nitrogen and oxygen atoms in total. The maximum absolute atomic E-state index is 6.38. The number of hydrogen-bond acceptors (Lipinski definition) is 0. The molecule has 0 unspecified atom stereocenters. The Labute approximate surface area is 228 Å². The van der Waals surface area contributed by atoms with Crippen molar-refractivity contribution in [3.63, 3.8) is 0 Å². The van der Waals surface area contributed by atoms with E-state index in [1.807, 2.05) is 0 Å². The number of rotatable bonds is 2. The Balaban J connectivity index is 2.29. The Hall–Kier alpha value is -1.46. The highest BCUT2D eigenvalue weighted by Gasteiger charge is 2.37. The van der Waals surface area contributed by atoms with Gasteiger partial charge in [0.1, 0.15) is 0 Å². The van der Waals surface area contributed by atoms with E-state index in [-0.39, 0.29) is 21.7 Å². The molecular weight excluding hydrogens is 566 g/mol. The van der Waals surface area contributed by atoms with Crippen molar-refractivity contribution in [3.8, 4) is 22.5 Å². The van der Waals surface area contributed by atoms with E-state index in [0.29, 0.717) is 0 Å². The van der Waals surface area contributed by atoms with Crippen molar-refractivity contribution in [1.82, 2.24) is 4.98 Å². The lowest BCUT2D eigenvalue weighted by Crippen LogP contribution is -2.16. The van der Waals surface area contributed by atoms with Gasteiger partial charge in [-0.25, -0.2) is 8.83 Å². The monoisotopic (exact) mass is 605 g/mol. The minimum absolute atomic E-state index is 0.112. The molecule has 5 heteroatoms. The maximum atomic E-state index is 6.38. The van der Waals surface area contributed by atoms with E-state index in [4.69, 9.17) is 8.83 Å². The summed E-state index contributed by atoms with van der Waals surface area (Å²) in [5.41, 5.74) is 3.79. The topological polar surface area (TPSA) is 38.4 Å². The van der Waals surface area contributed by atoms with E-state index in [0.717, 1.165) is 54.5 Å². The van der Waals surface area contributed by atoms with Gasteiger partial charge in [-0.15, -0.1) is 0 Å². The molecule has 0 aliphatic heterocycles. The van der Waals surface area contributed by atoms with Crippen molar-refractivity contribution in [3.05, 3.63) is 56.3 Å². The number of hydrogen-bond donors (Lipinski definition) is 1. The first-order chi connectivity index (χ1) is 15.7. The van der Waals surface area contributed by atoms with Crippen LogP contribution in [0.25, 0.3) is 22.5 Å². The lowest BCUT2D eigenvalue weighted by Gasteiger charge is -2.15. The highest BCUT2D eigenvalue weighted by atomic mass is 79.9. The molecule has 0 aromatic carbocycles. The van der Waals surface area contributed by atoms with Gasteiger partial charge < -0.3 is 4.98 Å². The number of aromatic nitrogens is 1. The van der Waals surface area contributed by atoms with Gasteiger partial charge in [0.15, 0.2) is 0 Å². The Bertz CT molecular complexity index is 1080. The Morgan fingerprint density at radius 2 is 0.714 bits per heavy atom. The fourth-order valence-electron chi connectivity index (χ4n) is 3.62. The van der Waals surface area contributed by atoms with Gasteiger partial charge in [0.2, 0.25) is 0 Å². The molecule has 3 heterocycles. The van der Waals surface area contributed by atoms with Crippen LogP contribution in [0.15, 0.2) is 42.0 Å². The molecule has 0 spiro atoms. The fourth-order valence-corrected chi connectivity index (χ4v) is 4.67. The van der Waals surface area contributed by atoms with Crippen molar-refractivity contribution in [2.24, 2.45) is 0 Å². The number of halogens is 2. The minimum atomic E-state index is -0.112. The average molecular weight is 607 g/mol. The van der Waals surface area contributed by atoms with E-state index in [1.165, 1.54) is 0 Å². The molecule has 0 fully saturated rings. The maximum Gasteiger partial charge on any atom is 0.335 e. The summed E-state index contributed by atoms with van der Waals surface area (Å²) in [6.07, 6.45) is 0. The summed E-state index contributed by atoms with van der Waals surface area (Å²) in [7, 11) is 0. The molecule has 3 rings (SSSR count). The third kappa shape index (κ3) is 6.10. The minimum Gasteiger partial charge on any atom is -0.353 e. The van der Waals surface area contributed by atoms with Crippen LogP contribution in [0.2, 0.25) is 0 Å². The molecule has 0 saturated carbocycles. The first kappa shape index (κ1) is 28.1. The highest BCUT2D eigenvalue weighted by Crippen LogP contribution is 2.44. The SMILES string of the molecule is CC(C)(C)c1cc(-c2[nH]c(-c3cc(C(C)(C)C)[o+]c(C(C)(C)C)c3)c(Br)c2Br)cc(C(C)(C)C)[o+]1. The molecule has 1 N–H and O–H groups in total. The van der Waals surface area contributed by atoms with Crippen LogP contribution in [0, 0.1) is 0 Å². The Morgan fingerprint density at radius 1 is 0.486 bits per heavy atom. The molecular formula is C30H41Br2NO2+2. The molecule has 0 amide bonds. The van der Waals surface area contributed by atoms with Crippen LogP contribution in [0.5, 0.6) is 0 Å². The zero-order valence-corrected chi connectivity index (χ0v) is 26.6. The van der Waals surface area contributed by atoms with Gasteiger partial charge >= 0.3 is 23.0 Å². The first-order valence-electron chi connectivity index (χ1n) is 12.3. The van der Waals surface area contributed by atoms with E-state index in [2.05, 4.69) is 144 Å². The second-order valence-corrected chi connectivity index (χ2v) is 15.2. The molecule has 3 aromatic rings. The van der Waals surface area contributed by atoms with Gasteiger partial charge in [-0.05, 0) is 115 Å². The van der Waals surface area contributed by atoms with Crippen LogP contribution in [0.1, 0.15) is 106 Å². The summed E-state index contributed by atoms with van der Waals surface area (Å²) in [5.74, 6) is 3.84. The number of H-pyrrole nitrogens is 1. The molecule has 0 aliphatic rings. The normalized spacial score (nSPS) is 13.4. The quantitative estimate of drug-likeness (QED) is 0.295. The third-order valence-corrected chi connectivity index (χ3v) is 8.12. The van der Waals surface area contributed by atoms with Gasteiger partial charge in [0.05, 0.1) is 42.0 Å². The number of nitrogens with one attached hydrogen (secondary N) is 1. The summed E-state index contributed by atoms with van der Waals surface area (Å²) in [4.78, 5) is 3.72. The van der Waals surface area contributed by atoms with Crippen molar-refractivity contribution in [2.45, 2.75) is 105 Å². The van der Waals surface area contributed by atoms with Crippen LogP contribution in [0.4, 0.5) is 0 Å². The smallest absolute Gasteiger partial charge is 0.335 e. The predicted molar refractivity (Wildman–Crippen MR) is 155 cm³/mol. The summed E-state index contributed by atoms with van der Waals surface area (Å²) in [5, 5.41) is 0. The second kappa shape index (κ2) is 9.13. The largest absolute Gasteiger partial charge is 0.353 e. The summed E-state index contributed by atoms with van der Waals surface area (Å²) >= 11 is 7.74. The van der Waals surface area contributed by atoms with Crippen molar-refractivity contribution in [1.29, 1.82) is 0 Å². The van der Waals surface area contributed by atoms with Gasteiger partial charge in [-0.3, -0.25) is 0 Å². The van der Waals surface area contributed by atoms with Crippen molar-refractivity contribution < 1.29 is 8.83 Å². The lowest BCUT2D eigenvalue weighted by atomic mass is 9.88. The van der Waals surface area contributed by atoms with Gasteiger partial charge in [0.25, 0.3) is 0 Å². The van der Waals surface area contributed by atoms with E-state index >= 15 is 0 Å². The van der Waals surface area contributed by atoms with Crippen LogP contribution in [0.3, 0.4) is 0 Å². The summed E-state index contributed by atoms with van der Waals surface area (Å²) < 4.78 is 14.8. The summed E-state index contributed by atoms with van der Waals surface area (Å²) in [6, 6.07) is 8.63. The van der Waals surface area contributed by atoms with E-state index in [1.54, 1.807) is 0 Å². The Morgan fingerprint density at radius 3 is 0.914 bits per heavy atom. The predicted octanol–water partition coefficient (Wildman–Crippen LogP) is 10.8. The van der Waals surface area contributed by atoms with E-state index < -0.39 is 0 Å². The van der Waals surface area contributed by atoms with Gasteiger partial charge in [-0.1, -0.05) is 0 Å². The molecule has 35 heavy (non-hydrogen) atoms. The Kier molecular flexibility index (Phi) is 7.34. The van der Waals surface area contributed by atoms with Crippen LogP contribution < -0.4 is 0 Å². The van der Waals surface area contributed by atoms with E-state index in [9.17, 15) is 0 Å². The van der Waals surface area contributed by atoms with Crippen molar-refractivity contribution >= 4 is 31.9 Å². The molecule has 0 radical (unpaired) electrons. The standard InChI is InChI=1S/C30H41Br2NO2/c1-27(2,3)19-13-17(14-20(34-19)28(4,5)6)25-23(31)24(32)26(33-25)18-15-21(29(7,8)9)35-22(16-18)30(10,11)12/h13-16,33H,1-12H3/q+2. The highest BCUT2D eigenvalue weighted by molar-refractivity contribution is 9.13. The molecule has 0 atom stereocenters. The van der Waals surface area contributed by atoms with Crippen LogP contribution >= 0.6 is 31.9 Å². The second-order valence-electron chi connectivity index (χ2n) is 13.7. The fraction of sp³-hybridized carbons (Fsp3) is 0.533. The summed E-state index contributed by atoms with van der Waals surface area (Å²) in [6.45, 7) is 26.2.